The van der Waals surface area contributed by atoms with E-state index in [0.29, 0.717) is 17.8 Å². The number of ether oxygens (including phenoxy) is 2. The number of carbonyl (C=O) groups excluding carboxylic acids is 2. The van der Waals surface area contributed by atoms with Crippen LogP contribution in [0.5, 0.6) is 0 Å². The number of anilines is 1. The summed E-state index contributed by atoms with van der Waals surface area (Å²) in [5.74, 6) is -0.913. The Balaban J connectivity index is 1.55. The Labute approximate surface area is 284 Å². The summed E-state index contributed by atoms with van der Waals surface area (Å²) >= 11 is 3.65. The minimum absolute atomic E-state index is 0.0997. The molecule has 47 heavy (non-hydrogen) atoms. The van der Waals surface area contributed by atoms with E-state index in [1.165, 1.54) is 0 Å². The summed E-state index contributed by atoms with van der Waals surface area (Å²) in [6, 6.07) is 41.6. The van der Waals surface area contributed by atoms with Crippen molar-refractivity contribution in [3.8, 4) is 0 Å². The maximum absolute atomic E-state index is 15.2. The lowest BCUT2D eigenvalue weighted by molar-refractivity contribution is -0.169. The van der Waals surface area contributed by atoms with Crippen molar-refractivity contribution in [1.82, 2.24) is 5.32 Å². The Morgan fingerprint density at radius 1 is 0.830 bits per heavy atom. The van der Waals surface area contributed by atoms with Gasteiger partial charge in [0.25, 0.3) is 5.91 Å². The summed E-state index contributed by atoms with van der Waals surface area (Å²) in [5.41, 5.74) is 4.26. The van der Waals surface area contributed by atoms with Crippen LogP contribution in [-0.4, -0.2) is 24.5 Å². The molecule has 0 radical (unpaired) electrons. The summed E-state index contributed by atoms with van der Waals surface area (Å²) in [5, 5.41) is 3.62. The van der Waals surface area contributed by atoms with E-state index in [0.717, 1.165) is 32.3 Å². The Morgan fingerprint density at radius 2 is 1.43 bits per heavy atom. The van der Waals surface area contributed by atoms with Crippen LogP contribution < -0.4 is 10.2 Å². The molecule has 0 aliphatic carbocycles. The van der Waals surface area contributed by atoms with Gasteiger partial charge < -0.3 is 14.4 Å². The van der Waals surface area contributed by atoms with Crippen LogP contribution in [0.2, 0.25) is 0 Å². The minimum atomic E-state index is -1.77. The number of carbonyl (C=O) groups is 2. The third-order valence-electron chi connectivity index (χ3n) is 8.64. The monoisotopic (exact) mass is 688 g/mol. The standard InChI is InChI=1S/C40H37BrN2O4/c1-3-46-38(44)37(42-36(30-18-9-5-10-19-30)31-20-11-6-12-21-31)40(47-27-32-22-14-13-15-28(32)2)34-25-33(41)23-24-35(34)43(39(40)45)26-29-16-7-4-8-17-29/h4-25,36-37,42H,3,26-27H2,1-2H3. The summed E-state index contributed by atoms with van der Waals surface area (Å²) in [4.78, 5) is 31.3. The molecule has 5 aromatic rings. The van der Waals surface area contributed by atoms with Crippen molar-refractivity contribution < 1.29 is 19.1 Å². The predicted molar refractivity (Wildman–Crippen MR) is 188 cm³/mol. The first-order valence-corrected chi connectivity index (χ1v) is 16.6. The quantitative estimate of drug-likeness (QED) is 0.135. The van der Waals surface area contributed by atoms with E-state index in [2.05, 4.69) is 21.2 Å². The van der Waals surface area contributed by atoms with Crippen molar-refractivity contribution in [3.63, 3.8) is 0 Å². The lowest BCUT2D eigenvalue weighted by Crippen LogP contribution is -2.60. The zero-order valence-corrected chi connectivity index (χ0v) is 28.0. The molecular weight excluding hydrogens is 652 g/mol. The number of hydrogen-bond acceptors (Lipinski definition) is 5. The molecule has 1 amide bonds. The van der Waals surface area contributed by atoms with Gasteiger partial charge in [-0.05, 0) is 59.9 Å². The highest BCUT2D eigenvalue weighted by atomic mass is 79.9. The molecule has 1 aliphatic rings. The van der Waals surface area contributed by atoms with Gasteiger partial charge in [0.05, 0.1) is 31.5 Å². The van der Waals surface area contributed by atoms with Gasteiger partial charge in [-0.2, -0.15) is 0 Å². The highest BCUT2D eigenvalue weighted by Gasteiger charge is 2.60. The number of fused-ring (bicyclic) bond motifs is 1. The van der Waals surface area contributed by atoms with Gasteiger partial charge in [-0.1, -0.05) is 131 Å². The molecule has 6 rings (SSSR count). The normalized spacial score (nSPS) is 16.3. The maximum atomic E-state index is 15.2. The molecule has 6 nitrogen and oxygen atoms in total. The Morgan fingerprint density at radius 3 is 2.04 bits per heavy atom. The van der Waals surface area contributed by atoms with Gasteiger partial charge >= 0.3 is 5.97 Å². The van der Waals surface area contributed by atoms with Gasteiger partial charge in [-0.25, -0.2) is 0 Å². The van der Waals surface area contributed by atoms with Crippen LogP contribution in [0.15, 0.2) is 138 Å². The van der Waals surface area contributed by atoms with Crippen LogP contribution >= 0.6 is 15.9 Å². The van der Waals surface area contributed by atoms with E-state index >= 15 is 4.79 Å². The number of amides is 1. The van der Waals surface area contributed by atoms with E-state index in [-0.39, 0.29) is 19.1 Å². The van der Waals surface area contributed by atoms with Crippen LogP contribution in [0, 0.1) is 6.92 Å². The average molecular weight is 690 g/mol. The van der Waals surface area contributed by atoms with Crippen LogP contribution in [0.1, 0.15) is 46.3 Å². The Bertz CT molecular complexity index is 1790. The Kier molecular flexibility index (Phi) is 9.97. The lowest BCUT2D eigenvalue weighted by atomic mass is 9.85. The highest BCUT2D eigenvalue weighted by molar-refractivity contribution is 9.10. The molecule has 238 valence electrons. The number of nitrogens with zero attached hydrogens (tertiary/aromatic N) is 1. The molecule has 2 atom stereocenters. The molecule has 0 spiro atoms. The number of rotatable bonds is 12. The third-order valence-corrected chi connectivity index (χ3v) is 9.13. The topological polar surface area (TPSA) is 67.9 Å². The van der Waals surface area contributed by atoms with Gasteiger partial charge in [0.1, 0.15) is 6.04 Å². The first kappa shape index (κ1) is 32.4. The fraction of sp³-hybridized carbons (Fsp3) is 0.200. The zero-order chi connectivity index (χ0) is 32.8. The van der Waals surface area contributed by atoms with E-state index in [9.17, 15) is 4.79 Å². The van der Waals surface area contributed by atoms with Gasteiger partial charge in [0, 0.05) is 10.0 Å². The van der Waals surface area contributed by atoms with Gasteiger partial charge in [0.2, 0.25) is 5.60 Å². The zero-order valence-electron chi connectivity index (χ0n) is 26.4. The number of aryl methyl sites for hydroxylation is 1. The number of halogens is 1. The predicted octanol–water partition coefficient (Wildman–Crippen LogP) is 8.03. The largest absolute Gasteiger partial charge is 0.465 e. The molecule has 0 aromatic heterocycles. The molecule has 5 aromatic carbocycles. The summed E-state index contributed by atoms with van der Waals surface area (Å²) in [7, 11) is 0. The smallest absolute Gasteiger partial charge is 0.327 e. The molecule has 1 aliphatic heterocycles. The molecule has 1 heterocycles. The van der Waals surface area contributed by atoms with Crippen molar-refractivity contribution in [2.45, 2.75) is 44.7 Å². The van der Waals surface area contributed by atoms with Gasteiger partial charge in [-0.3, -0.25) is 14.9 Å². The van der Waals surface area contributed by atoms with E-state index in [1.807, 2.05) is 140 Å². The number of esters is 1. The van der Waals surface area contributed by atoms with Crippen molar-refractivity contribution in [2.24, 2.45) is 0 Å². The summed E-state index contributed by atoms with van der Waals surface area (Å²) in [6.07, 6.45) is 0. The second-order valence-electron chi connectivity index (χ2n) is 11.6. The molecule has 0 bridgehead atoms. The van der Waals surface area contributed by atoms with E-state index < -0.39 is 23.7 Å². The molecular formula is C40H37BrN2O4. The van der Waals surface area contributed by atoms with Gasteiger partial charge in [-0.15, -0.1) is 0 Å². The van der Waals surface area contributed by atoms with E-state index in [1.54, 1.807) is 11.8 Å². The van der Waals surface area contributed by atoms with Crippen molar-refractivity contribution in [2.75, 3.05) is 11.5 Å². The third kappa shape index (κ3) is 6.65. The molecule has 0 saturated heterocycles. The molecule has 1 N–H and O–H groups in total. The fourth-order valence-electron chi connectivity index (χ4n) is 6.27. The molecule has 2 unspecified atom stereocenters. The first-order valence-electron chi connectivity index (χ1n) is 15.8. The average Bonchev–Trinajstić information content (AvgIpc) is 3.32. The molecule has 7 heteroatoms. The lowest BCUT2D eigenvalue weighted by Gasteiger charge is -2.38. The second-order valence-corrected chi connectivity index (χ2v) is 12.5. The van der Waals surface area contributed by atoms with Crippen molar-refractivity contribution in [1.29, 1.82) is 0 Å². The number of benzene rings is 5. The van der Waals surface area contributed by atoms with Crippen LogP contribution in [0.3, 0.4) is 0 Å². The van der Waals surface area contributed by atoms with Crippen LogP contribution in [0.25, 0.3) is 0 Å². The van der Waals surface area contributed by atoms with Crippen molar-refractivity contribution in [3.05, 3.63) is 171 Å². The highest BCUT2D eigenvalue weighted by Crippen LogP contribution is 2.48. The van der Waals surface area contributed by atoms with Gasteiger partial charge in [0.15, 0.2) is 0 Å². The first-order chi connectivity index (χ1) is 22.9. The number of hydrogen-bond donors (Lipinski definition) is 1. The SMILES string of the molecule is CCOC(=O)C(NC(c1ccccc1)c1ccccc1)C1(OCc2ccccc2C)C(=O)N(Cc2ccccc2)c2ccc(Br)cc21. The van der Waals surface area contributed by atoms with Crippen LogP contribution in [0.4, 0.5) is 5.69 Å². The fourth-order valence-corrected chi connectivity index (χ4v) is 6.64. The maximum Gasteiger partial charge on any atom is 0.327 e. The number of nitrogens with one attached hydrogen (secondary N) is 1. The second kappa shape index (κ2) is 14.5. The summed E-state index contributed by atoms with van der Waals surface area (Å²) < 4.78 is 13.5. The van der Waals surface area contributed by atoms with Crippen molar-refractivity contribution >= 4 is 33.5 Å². The molecule has 0 fully saturated rings. The minimum Gasteiger partial charge on any atom is -0.465 e. The summed E-state index contributed by atoms with van der Waals surface area (Å²) in [6.45, 7) is 4.32. The van der Waals surface area contributed by atoms with E-state index in [4.69, 9.17) is 9.47 Å². The molecule has 0 saturated carbocycles. The van der Waals surface area contributed by atoms with Crippen LogP contribution in [-0.2, 0) is 37.8 Å². The Hall–Kier alpha value is -4.56.